The molecule has 0 aromatic heterocycles. The number of aliphatic hydroxyl groups excluding tert-OH is 1. The van der Waals surface area contributed by atoms with E-state index < -0.39 is 9.84 Å². The molecule has 1 aliphatic heterocycles. The highest BCUT2D eigenvalue weighted by Crippen LogP contribution is 2.35. The number of aliphatic hydroxyl groups is 1. The van der Waals surface area contributed by atoms with Gasteiger partial charge in [0.2, 0.25) is 0 Å². The van der Waals surface area contributed by atoms with Gasteiger partial charge < -0.3 is 5.11 Å². The number of likely N-dealkylation sites (tertiary alicyclic amines) is 1. The van der Waals surface area contributed by atoms with Crippen molar-refractivity contribution in [3.8, 4) is 0 Å². The lowest BCUT2D eigenvalue weighted by molar-refractivity contribution is 0.0770. The minimum atomic E-state index is -2.88. The first kappa shape index (κ1) is 15.3. The summed E-state index contributed by atoms with van der Waals surface area (Å²) in [5, 5.41) is 10.0. The van der Waals surface area contributed by atoms with Crippen LogP contribution in [0, 0.1) is 5.92 Å². The highest BCUT2D eigenvalue weighted by molar-refractivity contribution is 7.91. The molecule has 3 atom stereocenters. The van der Waals surface area contributed by atoms with Crippen LogP contribution in [-0.4, -0.2) is 55.2 Å². The molecule has 1 heterocycles. The molecular weight excluding hydrogens is 262 g/mol. The van der Waals surface area contributed by atoms with Crippen molar-refractivity contribution in [2.75, 3.05) is 24.6 Å². The number of rotatable bonds is 6. The maximum absolute atomic E-state index is 11.8. The summed E-state index contributed by atoms with van der Waals surface area (Å²) in [4.78, 5) is 2.31. The van der Waals surface area contributed by atoms with Gasteiger partial charge in [-0.3, -0.25) is 4.90 Å². The molecule has 1 aliphatic carbocycles. The van der Waals surface area contributed by atoms with Gasteiger partial charge in [-0.25, -0.2) is 8.42 Å². The van der Waals surface area contributed by atoms with E-state index in [-0.39, 0.29) is 11.9 Å². The van der Waals surface area contributed by atoms with Gasteiger partial charge in [0, 0.05) is 24.3 Å². The van der Waals surface area contributed by atoms with Crippen molar-refractivity contribution in [1.82, 2.24) is 4.90 Å². The first-order valence-corrected chi connectivity index (χ1v) is 9.48. The molecule has 1 saturated carbocycles. The number of sulfone groups is 1. The predicted molar refractivity (Wildman–Crippen MR) is 76.9 cm³/mol. The smallest absolute Gasteiger partial charge is 0.151 e. The molecule has 0 bridgehead atoms. The van der Waals surface area contributed by atoms with E-state index in [2.05, 4.69) is 4.90 Å². The Morgan fingerprint density at radius 1 is 1.16 bits per heavy atom. The fraction of sp³-hybridized carbons (Fsp3) is 1.00. The zero-order valence-corrected chi connectivity index (χ0v) is 12.7. The van der Waals surface area contributed by atoms with Crippen LogP contribution in [0.2, 0.25) is 0 Å². The standard InChI is InChI=1S/C14H27NO3S/c1-2-10-19(17,18)11-9-15-8-4-6-13(15)12-5-3-7-14(12)16/h12-14,16H,2-11H2,1H3. The van der Waals surface area contributed by atoms with Crippen molar-refractivity contribution < 1.29 is 13.5 Å². The lowest BCUT2D eigenvalue weighted by Crippen LogP contribution is -2.41. The predicted octanol–water partition coefficient (Wildman–Crippen LogP) is 1.44. The van der Waals surface area contributed by atoms with E-state index in [1.807, 2.05) is 6.92 Å². The second-order valence-corrected chi connectivity index (χ2v) is 8.36. The molecule has 0 aromatic carbocycles. The Hall–Kier alpha value is -0.130. The molecule has 0 radical (unpaired) electrons. The van der Waals surface area contributed by atoms with Crippen molar-refractivity contribution >= 4 is 9.84 Å². The summed E-state index contributed by atoms with van der Waals surface area (Å²) < 4.78 is 23.6. The molecule has 0 aromatic rings. The average Bonchev–Trinajstić information content (AvgIpc) is 2.94. The second-order valence-electron chi connectivity index (χ2n) is 6.06. The Balaban J connectivity index is 1.89. The van der Waals surface area contributed by atoms with Crippen LogP contribution in [0.4, 0.5) is 0 Å². The van der Waals surface area contributed by atoms with E-state index in [9.17, 15) is 13.5 Å². The summed E-state index contributed by atoms with van der Waals surface area (Å²) in [5.41, 5.74) is 0. The molecule has 1 saturated heterocycles. The Labute approximate surface area is 117 Å². The fourth-order valence-electron chi connectivity index (χ4n) is 3.70. The van der Waals surface area contributed by atoms with Gasteiger partial charge in [-0.15, -0.1) is 0 Å². The summed E-state index contributed by atoms with van der Waals surface area (Å²) in [7, 11) is -2.88. The highest BCUT2D eigenvalue weighted by atomic mass is 32.2. The summed E-state index contributed by atoms with van der Waals surface area (Å²) in [6, 6.07) is 0.411. The molecule has 4 nitrogen and oxygen atoms in total. The first-order chi connectivity index (χ1) is 9.03. The molecule has 2 aliphatic rings. The van der Waals surface area contributed by atoms with Gasteiger partial charge >= 0.3 is 0 Å². The number of hydrogen-bond acceptors (Lipinski definition) is 4. The van der Waals surface area contributed by atoms with E-state index in [1.165, 1.54) is 0 Å². The fourth-order valence-corrected chi connectivity index (χ4v) is 5.04. The van der Waals surface area contributed by atoms with Gasteiger partial charge in [0.25, 0.3) is 0 Å². The zero-order chi connectivity index (χ0) is 13.9. The highest BCUT2D eigenvalue weighted by Gasteiger charge is 2.38. The minimum absolute atomic E-state index is 0.169. The van der Waals surface area contributed by atoms with Crippen LogP contribution >= 0.6 is 0 Å². The van der Waals surface area contributed by atoms with Gasteiger partial charge in [-0.2, -0.15) is 0 Å². The van der Waals surface area contributed by atoms with Crippen molar-refractivity contribution in [3.63, 3.8) is 0 Å². The molecule has 2 rings (SSSR count). The molecule has 1 N–H and O–H groups in total. The summed E-state index contributed by atoms with van der Waals surface area (Å²) >= 11 is 0. The third-order valence-electron chi connectivity index (χ3n) is 4.64. The quantitative estimate of drug-likeness (QED) is 0.804. The Morgan fingerprint density at radius 2 is 1.95 bits per heavy atom. The molecule has 0 amide bonds. The Kier molecular flexibility index (Phi) is 5.26. The van der Waals surface area contributed by atoms with E-state index in [1.54, 1.807) is 0 Å². The number of nitrogens with zero attached hydrogens (tertiary/aromatic N) is 1. The van der Waals surface area contributed by atoms with E-state index in [0.29, 0.717) is 30.7 Å². The summed E-state index contributed by atoms with van der Waals surface area (Å²) in [5.74, 6) is 0.953. The third kappa shape index (κ3) is 3.92. The van der Waals surface area contributed by atoms with Crippen LogP contribution in [0.25, 0.3) is 0 Å². The SMILES string of the molecule is CCCS(=O)(=O)CCN1CCCC1C1CCCC1O. The van der Waals surface area contributed by atoms with Crippen LogP contribution in [0.1, 0.15) is 45.4 Å². The normalized spacial score (nSPS) is 33.1. The topological polar surface area (TPSA) is 57.6 Å². The van der Waals surface area contributed by atoms with Crippen molar-refractivity contribution in [1.29, 1.82) is 0 Å². The van der Waals surface area contributed by atoms with E-state index in [4.69, 9.17) is 0 Å². The van der Waals surface area contributed by atoms with Gasteiger partial charge in [0.15, 0.2) is 9.84 Å². The van der Waals surface area contributed by atoms with Gasteiger partial charge in [-0.05, 0) is 38.6 Å². The molecule has 112 valence electrons. The largest absolute Gasteiger partial charge is 0.393 e. The second kappa shape index (κ2) is 6.55. The lowest BCUT2D eigenvalue weighted by Gasteiger charge is -2.31. The molecule has 0 spiro atoms. The van der Waals surface area contributed by atoms with Gasteiger partial charge in [-0.1, -0.05) is 13.3 Å². The average molecular weight is 289 g/mol. The van der Waals surface area contributed by atoms with Gasteiger partial charge in [0.1, 0.15) is 0 Å². The van der Waals surface area contributed by atoms with E-state index in [0.717, 1.165) is 38.6 Å². The molecular formula is C14H27NO3S. The van der Waals surface area contributed by atoms with Crippen LogP contribution in [-0.2, 0) is 9.84 Å². The zero-order valence-electron chi connectivity index (χ0n) is 11.9. The van der Waals surface area contributed by atoms with Crippen LogP contribution in [0.3, 0.4) is 0 Å². The van der Waals surface area contributed by atoms with Crippen molar-refractivity contribution in [2.24, 2.45) is 5.92 Å². The first-order valence-electron chi connectivity index (χ1n) is 7.66. The van der Waals surface area contributed by atoms with Gasteiger partial charge in [0.05, 0.1) is 11.9 Å². The van der Waals surface area contributed by atoms with Crippen LogP contribution < -0.4 is 0 Å². The molecule has 2 fully saturated rings. The Bertz CT molecular complexity index is 382. The molecule has 5 heteroatoms. The Morgan fingerprint density at radius 3 is 2.58 bits per heavy atom. The van der Waals surface area contributed by atoms with Crippen molar-refractivity contribution in [3.05, 3.63) is 0 Å². The van der Waals surface area contributed by atoms with Crippen LogP contribution in [0.15, 0.2) is 0 Å². The monoisotopic (exact) mass is 289 g/mol. The van der Waals surface area contributed by atoms with E-state index >= 15 is 0 Å². The minimum Gasteiger partial charge on any atom is -0.393 e. The van der Waals surface area contributed by atoms with Crippen LogP contribution in [0.5, 0.6) is 0 Å². The molecule has 19 heavy (non-hydrogen) atoms. The maximum atomic E-state index is 11.8. The summed E-state index contributed by atoms with van der Waals surface area (Å²) in [6.07, 6.45) is 5.93. The maximum Gasteiger partial charge on any atom is 0.151 e. The van der Waals surface area contributed by atoms with Crippen molar-refractivity contribution in [2.45, 2.75) is 57.6 Å². The lowest BCUT2D eigenvalue weighted by atomic mass is 9.94. The third-order valence-corrected chi connectivity index (χ3v) is 6.48. The number of hydrogen-bond donors (Lipinski definition) is 1. The molecule has 3 unspecified atom stereocenters. The summed E-state index contributed by atoms with van der Waals surface area (Å²) in [6.45, 7) is 3.55.